The summed E-state index contributed by atoms with van der Waals surface area (Å²) in [6, 6.07) is 23.2. The van der Waals surface area contributed by atoms with Gasteiger partial charge in [0.2, 0.25) is 0 Å². The van der Waals surface area contributed by atoms with Crippen LogP contribution in [-0.2, 0) is 0 Å². The van der Waals surface area contributed by atoms with Crippen LogP contribution < -0.4 is 10.1 Å². The first-order valence-electron chi connectivity index (χ1n) is 8.07. The Bertz CT molecular complexity index is 878. The Morgan fingerprint density at radius 2 is 1.72 bits per heavy atom. The van der Waals surface area contributed by atoms with Crippen LogP contribution in [0.15, 0.2) is 77.3 Å². The molecule has 4 heteroatoms. The van der Waals surface area contributed by atoms with Crippen LogP contribution in [0.4, 0.5) is 5.69 Å². The number of hydrogen-bond acceptors (Lipinski definition) is 2. The van der Waals surface area contributed by atoms with E-state index in [2.05, 4.69) is 21.2 Å². The zero-order chi connectivity index (χ0) is 17.6. The summed E-state index contributed by atoms with van der Waals surface area (Å²) in [5.74, 6) is 0.369. The molecule has 0 bridgehead atoms. The highest BCUT2D eigenvalue weighted by atomic mass is 79.9. The van der Waals surface area contributed by atoms with E-state index in [9.17, 15) is 4.79 Å². The van der Waals surface area contributed by atoms with Gasteiger partial charge in [0.25, 0.3) is 5.91 Å². The fraction of sp³-hybridized carbons (Fsp3) is 0.0952. The van der Waals surface area contributed by atoms with Gasteiger partial charge in [0.15, 0.2) is 0 Å². The largest absolute Gasteiger partial charge is 0.493 e. The molecule has 0 aliphatic heterocycles. The van der Waals surface area contributed by atoms with Gasteiger partial charge in [0.1, 0.15) is 5.75 Å². The van der Waals surface area contributed by atoms with Gasteiger partial charge in [-0.1, -0.05) is 64.5 Å². The Morgan fingerprint density at radius 3 is 2.48 bits per heavy atom. The molecule has 0 fully saturated rings. The number of carbonyl (C=O) groups excluding carboxylic acids is 1. The van der Waals surface area contributed by atoms with E-state index in [1.165, 1.54) is 0 Å². The minimum atomic E-state index is -0.201. The molecule has 1 N–H and O–H groups in total. The molecule has 0 saturated heterocycles. The van der Waals surface area contributed by atoms with Gasteiger partial charge in [-0.2, -0.15) is 0 Å². The van der Waals surface area contributed by atoms with Crippen LogP contribution in [0.2, 0.25) is 0 Å². The molecular formula is C21H18BrNO2. The zero-order valence-corrected chi connectivity index (χ0v) is 15.4. The molecule has 3 rings (SSSR count). The van der Waals surface area contributed by atoms with Gasteiger partial charge >= 0.3 is 0 Å². The summed E-state index contributed by atoms with van der Waals surface area (Å²) in [4.78, 5) is 12.8. The van der Waals surface area contributed by atoms with Gasteiger partial charge in [-0.25, -0.2) is 0 Å². The van der Waals surface area contributed by atoms with Crippen molar-refractivity contribution in [1.82, 2.24) is 0 Å². The number of rotatable bonds is 5. The highest BCUT2D eigenvalue weighted by molar-refractivity contribution is 9.10. The second-order valence-electron chi connectivity index (χ2n) is 5.44. The quantitative estimate of drug-likeness (QED) is 0.595. The number of anilines is 1. The van der Waals surface area contributed by atoms with E-state index in [1.807, 2.05) is 67.6 Å². The number of halogens is 1. The van der Waals surface area contributed by atoms with E-state index in [4.69, 9.17) is 4.74 Å². The van der Waals surface area contributed by atoms with E-state index in [1.54, 1.807) is 12.1 Å². The summed E-state index contributed by atoms with van der Waals surface area (Å²) in [5, 5.41) is 3.01. The molecule has 0 aliphatic rings. The van der Waals surface area contributed by atoms with Gasteiger partial charge in [-0.15, -0.1) is 0 Å². The number of para-hydroxylation sites is 1. The van der Waals surface area contributed by atoms with Gasteiger partial charge in [0, 0.05) is 15.7 Å². The minimum absolute atomic E-state index is 0.201. The van der Waals surface area contributed by atoms with Crippen molar-refractivity contribution in [2.75, 3.05) is 11.9 Å². The van der Waals surface area contributed by atoms with E-state index in [-0.39, 0.29) is 5.91 Å². The number of nitrogens with one attached hydrogen (secondary N) is 1. The molecule has 0 saturated carbocycles. The summed E-state index contributed by atoms with van der Waals surface area (Å²) in [5.41, 5.74) is 3.29. The Labute approximate surface area is 155 Å². The van der Waals surface area contributed by atoms with Gasteiger partial charge in [-0.3, -0.25) is 4.79 Å². The standard InChI is InChI=1S/C21H18BrNO2/c1-2-25-20-13-12-16(22)14-18(20)21(24)23-19-11-7-6-10-17(19)15-8-4-3-5-9-15/h3-14H,2H2,1H3,(H,23,24). The second-order valence-corrected chi connectivity index (χ2v) is 6.35. The maximum atomic E-state index is 12.8. The second kappa shape index (κ2) is 7.99. The first kappa shape index (κ1) is 17.2. The molecule has 3 aromatic rings. The van der Waals surface area contributed by atoms with Crippen LogP contribution in [-0.4, -0.2) is 12.5 Å². The summed E-state index contributed by atoms with van der Waals surface area (Å²) in [7, 11) is 0. The Kier molecular flexibility index (Phi) is 5.51. The van der Waals surface area contributed by atoms with E-state index in [0.717, 1.165) is 21.3 Å². The lowest BCUT2D eigenvalue weighted by Crippen LogP contribution is -2.14. The molecule has 0 aliphatic carbocycles. The highest BCUT2D eigenvalue weighted by Crippen LogP contribution is 2.29. The van der Waals surface area contributed by atoms with E-state index < -0.39 is 0 Å². The van der Waals surface area contributed by atoms with Crippen molar-refractivity contribution in [2.45, 2.75) is 6.92 Å². The van der Waals surface area contributed by atoms with Gasteiger partial charge < -0.3 is 10.1 Å². The van der Waals surface area contributed by atoms with Crippen molar-refractivity contribution in [3.8, 4) is 16.9 Å². The number of hydrogen-bond donors (Lipinski definition) is 1. The van der Waals surface area contributed by atoms with Crippen molar-refractivity contribution >= 4 is 27.5 Å². The molecule has 0 aromatic heterocycles. The van der Waals surface area contributed by atoms with Crippen molar-refractivity contribution in [1.29, 1.82) is 0 Å². The van der Waals surface area contributed by atoms with Crippen LogP contribution >= 0.6 is 15.9 Å². The van der Waals surface area contributed by atoms with E-state index in [0.29, 0.717) is 17.9 Å². The fourth-order valence-corrected chi connectivity index (χ4v) is 2.97. The molecule has 0 atom stereocenters. The molecule has 0 heterocycles. The topological polar surface area (TPSA) is 38.3 Å². The third-order valence-corrected chi connectivity index (χ3v) is 4.24. The molecule has 0 radical (unpaired) electrons. The van der Waals surface area contributed by atoms with Crippen LogP contribution in [0.5, 0.6) is 5.75 Å². The number of ether oxygens (including phenoxy) is 1. The summed E-state index contributed by atoms with van der Waals surface area (Å²) < 4.78 is 6.42. The van der Waals surface area contributed by atoms with Crippen LogP contribution in [0.3, 0.4) is 0 Å². The molecule has 1 amide bonds. The summed E-state index contributed by atoms with van der Waals surface area (Å²) >= 11 is 3.42. The van der Waals surface area contributed by atoms with Gasteiger partial charge in [-0.05, 0) is 36.8 Å². The maximum absolute atomic E-state index is 12.8. The summed E-state index contributed by atoms with van der Waals surface area (Å²) in [6.07, 6.45) is 0. The maximum Gasteiger partial charge on any atom is 0.259 e. The van der Waals surface area contributed by atoms with Crippen molar-refractivity contribution < 1.29 is 9.53 Å². The van der Waals surface area contributed by atoms with Crippen molar-refractivity contribution in [3.63, 3.8) is 0 Å². The van der Waals surface area contributed by atoms with Crippen molar-refractivity contribution in [3.05, 3.63) is 82.8 Å². The number of amides is 1. The lowest BCUT2D eigenvalue weighted by atomic mass is 10.0. The van der Waals surface area contributed by atoms with E-state index >= 15 is 0 Å². The normalized spacial score (nSPS) is 10.3. The molecule has 25 heavy (non-hydrogen) atoms. The number of benzene rings is 3. The highest BCUT2D eigenvalue weighted by Gasteiger charge is 2.15. The van der Waals surface area contributed by atoms with Crippen LogP contribution in [0.25, 0.3) is 11.1 Å². The molecule has 0 unspecified atom stereocenters. The first-order chi connectivity index (χ1) is 12.2. The Hall–Kier alpha value is -2.59. The molecule has 3 nitrogen and oxygen atoms in total. The van der Waals surface area contributed by atoms with Crippen molar-refractivity contribution in [2.24, 2.45) is 0 Å². The third kappa shape index (κ3) is 4.09. The minimum Gasteiger partial charge on any atom is -0.493 e. The monoisotopic (exact) mass is 395 g/mol. The SMILES string of the molecule is CCOc1ccc(Br)cc1C(=O)Nc1ccccc1-c1ccccc1. The van der Waals surface area contributed by atoms with Crippen LogP contribution in [0.1, 0.15) is 17.3 Å². The predicted octanol–water partition coefficient (Wildman–Crippen LogP) is 5.77. The molecule has 126 valence electrons. The smallest absolute Gasteiger partial charge is 0.259 e. The summed E-state index contributed by atoms with van der Waals surface area (Å²) in [6.45, 7) is 2.40. The van der Waals surface area contributed by atoms with Crippen LogP contribution in [0, 0.1) is 0 Å². The molecule has 3 aromatic carbocycles. The average Bonchev–Trinajstić information content (AvgIpc) is 2.64. The number of carbonyl (C=O) groups is 1. The zero-order valence-electron chi connectivity index (χ0n) is 13.8. The predicted molar refractivity (Wildman–Crippen MR) is 105 cm³/mol. The lowest BCUT2D eigenvalue weighted by Gasteiger charge is -2.14. The first-order valence-corrected chi connectivity index (χ1v) is 8.86. The Morgan fingerprint density at radius 1 is 1.00 bits per heavy atom. The average molecular weight is 396 g/mol. The molecule has 0 spiro atoms. The third-order valence-electron chi connectivity index (χ3n) is 3.75. The van der Waals surface area contributed by atoms with Gasteiger partial charge in [0.05, 0.1) is 12.2 Å². The fourth-order valence-electron chi connectivity index (χ4n) is 2.61. The molecular weight excluding hydrogens is 378 g/mol. The lowest BCUT2D eigenvalue weighted by molar-refractivity contribution is 0.102. The Balaban J connectivity index is 1.94.